The number of halogens is 1. The van der Waals surface area contributed by atoms with Crippen LogP contribution in [0.25, 0.3) is 0 Å². The molecule has 1 heterocycles. The maximum atomic E-state index is 13.7. The van der Waals surface area contributed by atoms with Gasteiger partial charge in [-0.3, -0.25) is 4.90 Å². The van der Waals surface area contributed by atoms with Crippen molar-refractivity contribution < 1.29 is 13.9 Å². The second-order valence-electron chi connectivity index (χ2n) is 6.54. The summed E-state index contributed by atoms with van der Waals surface area (Å²) in [5, 5.41) is 0. The highest BCUT2D eigenvalue weighted by Crippen LogP contribution is 2.36. The quantitative estimate of drug-likeness (QED) is 0.766. The molecule has 0 spiro atoms. The van der Waals surface area contributed by atoms with Crippen LogP contribution in [0.2, 0.25) is 0 Å². The molecule has 2 aromatic carbocycles. The Hall–Kier alpha value is -2.07. The van der Waals surface area contributed by atoms with E-state index in [-0.39, 0.29) is 11.9 Å². The molecular formula is C21H26FNO2. The molecule has 0 N–H and O–H groups in total. The highest BCUT2D eigenvalue weighted by molar-refractivity contribution is 5.46. The van der Waals surface area contributed by atoms with Gasteiger partial charge in [-0.15, -0.1) is 0 Å². The third-order valence-corrected chi connectivity index (χ3v) is 4.96. The molecule has 4 heteroatoms. The predicted molar refractivity (Wildman–Crippen MR) is 97.6 cm³/mol. The molecule has 0 aromatic heterocycles. The summed E-state index contributed by atoms with van der Waals surface area (Å²) >= 11 is 0. The first-order valence-electron chi connectivity index (χ1n) is 8.92. The van der Waals surface area contributed by atoms with Crippen LogP contribution in [0.1, 0.15) is 42.9 Å². The summed E-state index contributed by atoms with van der Waals surface area (Å²) in [5.41, 5.74) is 2.16. The maximum Gasteiger partial charge on any atom is 0.165 e. The lowest BCUT2D eigenvalue weighted by molar-refractivity contribution is 0.189. The van der Waals surface area contributed by atoms with Gasteiger partial charge in [-0.05, 0) is 43.1 Å². The van der Waals surface area contributed by atoms with Crippen LogP contribution in [-0.4, -0.2) is 25.7 Å². The van der Waals surface area contributed by atoms with Gasteiger partial charge in [0.05, 0.1) is 14.2 Å². The van der Waals surface area contributed by atoms with E-state index in [2.05, 4.69) is 11.0 Å². The van der Waals surface area contributed by atoms with Crippen molar-refractivity contribution >= 4 is 0 Å². The van der Waals surface area contributed by atoms with Gasteiger partial charge in [0.25, 0.3) is 0 Å². The number of benzene rings is 2. The third kappa shape index (κ3) is 4.13. The van der Waals surface area contributed by atoms with Crippen LogP contribution in [0.5, 0.6) is 11.5 Å². The highest BCUT2D eigenvalue weighted by atomic mass is 19.1. The van der Waals surface area contributed by atoms with Crippen molar-refractivity contribution in [1.82, 2.24) is 4.90 Å². The molecule has 0 radical (unpaired) electrons. The molecule has 3 rings (SSSR count). The number of methoxy groups -OCH3 is 2. The van der Waals surface area contributed by atoms with E-state index in [0.29, 0.717) is 0 Å². The monoisotopic (exact) mass is 343 g/mol. The number of likely N-dealkylation sites (tertiary alicyclic amines) is 1. The average molecular weight is 343 g/mol. The van der Waals surface area contributed by atoms with Gasteiger partial charge in [-0.25, -0.2) is 4.39 Å². The zero-order chi connectivity index (χ0) is 17.6. The smallest absolute Gasteiger partial charge is 0.165 e. The van der Waals surface area contributed by atoms with Crippen molar-refractivity contribution in [2.45, 2.75) is 38.3 Å². The van der Waals surface area contributed by atoms with Crippen molar-refractivity contribution in [3.8, 4) is 11.5 Å². The van der Waals surface area contributed by atoms with Crippen molar-refractivity contribution in [3.05, 3.63) is 59.4 Å². The fraction of sp³-hybridized carbons (Fsp3) is 0.429. The minimum atomic E-state index is -0.166. The first-order chi connectivity index (χ1) is 12.2. The van der Waals surface area contributed by atoms with Gasteiger partial charge in [0.15, 0.2) is 11.5 Å². The Bertz CT molecular complexity index is 704. The predicted octanol–water partition coefficient (Wildman–Crippen LogP) is 4.96. The van der Waals surface area contributed by atoms with Gasteiger partial charge in [0.2, 0.25) is 0 Å². The summed E-state index contributed by atoms with van der Waals surface area (Å²) in [7, 11) is 3.33. The fourth-order valence-corrected chi connectivity index (χ4v) is 3.75. The first-order valence-corrected chi connectivity index (χ1v) is 8.92. The summed E-state index contributed by atoms with van der Waals surface area (Å²) in [6.45, 7) is 1.77. The van der Waals surface area contributed by atoms with Gasteiger partial charge in [0, 0.05) is 18.2 Å². The molecule has 1 fully saturated rings. The number of ether oxygens (including phenoxy) is 2. The maximum absolute atomic E-state index is 13.7. The summed E-state index contributed by atoms with van der Waals surface area (Å²) in [5.74, 6) is 1.37. The first kappa shape index (κ1) is 17.7. The number of hydrogen-bond donors (Lipinski definition) is 0. The Labute approximate surface area is 149 Å². The van der Waals surface area contributed by atoms with Gasteiger partial charge in [-0.1, -0.05) is 37.1 Å². The Morgan fingerprint density at radius 2 is 1.88 bits per heavy atom. The van der Waals surface area contributed by atoms with Crippen LogP contribution in [0.3, 0.4) is 0 Å². The van der Waals surface area contributed by atoms with E-state index in [1.54, 1.807) is 26.4 Å². The van der Waals surface area contributed by atoms with Crippen LogP contribution in [0.4, 0.5) is 4.39 Å². The Morgan fingerprint density at radius 3 is 2.64 bits per heavy atom. The van der Waals surface area contributed by atoms with E-state index in [1.807, 2.05) is 18.2 Å². The van der Waals surface area contributed by atoms with E-state index in [9.17, 15) is 4.39 Å². The van der Waals surface area contributed by atoms with Crippen LogP contribution in [0.15, 0.2) is 42.5 Å². The van der Waals surface area contributed by atoms with Gasteiger partial charge < -0.3 is 9.47 Å². The van der Waals surface area contributed by atoms with Crippen molar-refractivity contribution in [2.24, 2.45) is 0 Å². The minimum Gasteiger partial charge on any atom is -0.493 e. The molecule has 1 unspecified atom stereocenters. The molecule has 1 saturated heterocycles. The van der Waals surface area contributed by atoms with Crippen molar-refractivity contribution in [1.29, 1.82) is 0 Å². The molecule has 0 aliphatic carbocycles. The Morgan fingerprint density at radius 1 is 1.04 bits per heavy atom. The molecule has 1 atom stereocenters. The highest BCUT2D eigenvalue weighted by Gasteiger charge is 2.24. The zero-order valence-corrected chi connectivity index (χ0v) is 15.0. The molecule has 3 nitrogen and oxygen atoms in total. The number of rotatable bonds is 5. The largest absolute Gasteiger partial charge is 0.493 e. The summed E-state index contributed by atoms with van der Waals surface area (Å²) < 4.78 is 24.8. The number of hydrogen-bond acceptors (Lipinski definition) is 3. The zero-order valence-electron chi connectivity index (χ0n) is 15.0. The van der Waals surface area contributed by atoms with Crippen LogP contribution in [0, 0.1) is 5.82 Å². The molecule has 1 aliphatic heterocycles. The second kappa shape index (κ2) is 8.34. The molecule has 25 heavy (non-hydrogen) atoms. The van der Waals surface area contributed by atoms with E-state index in [1.165, 1.54) is 18.9 Å². The van der Waals surface area contributed by atoms with E-state index < -0.39 is 0 Å². The normalized spacial score (nSPS) is 18.6. The second-order valence-corrected chi connectivity index (χ2v) is 6.54. The van der Waals surface area contributed by atoms with Crippen molar-refractivity contribution in [3.63, 3.8) is 0 Å². The Balaban J connectivity index is 1.90. The molecule has 2 aromatic rings. The number of nitrogens with zero attached hydrogens (tertiary/aromatic N) is 1. The molecule has 0 bridgehead atoms. The average Bonchev–Trinajstić information content (AvgIpc) is 2.87. The SMILES string of the molecule is COc1cccc(CN2CCCCCC2c2cccc(F)c2)c1OC. The molecular weight excluding hydrogens is 317 g/mol. The fourth-order valence-electron chi connectivity index (χ4n) is 3.75. The van der Waals surface area contributed by atoms with Crippen LogP contribution < -0.4 is 9.47 Å². The van der Waals surface area contributed by atoms with Crippen LogP contribution >= 0.6 is 0 Å². The topological polar surface area (TPSA) is 21.7 Å². The molecule has 0 amide bonds. The van der Waals surface area contributed by atoms with E-state index >= 15 is 0 Å². The lowest BCUT2D eigenvalue weighted by Crippen LogP contribution is -2.28. The lowest BCUT2D eigenvalue weighted by atomic mass is 10.00. The van der Waals surface area contributed by atoms with E-state index in [0.717, 1.165) is 48.6 Å². The number of para-hydroxylation sites is 1. The minimum absolute atomic E-state index is 0.166. The van der Waals surface area contributed by atoms with Gasteiger partial charge in [0.1, 0.15) is 5.82 Å². The van der Waals surface area contributed by atoms with Crippen LogP contribution in [-0.2, 0) is 6.54 Å². The Kier molecular flexibility index (Phi) is 5.92. The third-order valence-electron chi connectivity index (χ3n) is 4.96. The van der Waals surface area contributed by atoms with E-state index in [4.69, 9.17) is 9.47 Å². The molecule has 0 saturated carbocycles. The molecule has 134 valence electrons. The molecule has 1 aliphatic rings. The summed E-state index contributed by atoms with van der Waals surface area (Å²) in [4.78, 5) is 2.44. The summed E-state index contributed by atoms with van der Waals surface area (Å²) in [6, 6.07) is 13.2. The summed E-state index contributed by atoms with van der Waals surface area (Å²) in [6.07, 6.45) is 4.61. The standard InChI is InChI=1S/C21H26FNO2/c1-24-20-12-7-9-17(21(20)25-2)15-23-13-5-3-4-11-19(23)16-8-6-10-18(22)14-16/h6-10,12,14,19H,3-5,11,13,15H2,1-2H3. The lowest BCUT2D eigenvalue weighted by Gasteiger charge is -2.31. The van der Waals surface area contributed by atoms with Crippen molar-refractivity contribution in [2.75, 3.05) is 20.8 Å². The van der Waals surface area contributed by atoms with Gasteiger partial charge >= 0.3 is 0 Å². The van der Waals surface area contributed by atoms with Gasteiger partial charge in [-0.2, -0.15) is 0 Å².